The van der Waals surface area contributed by atoms with Gasteiger partial charge in [0.1, 0.15) is 0 Å². The summed E-state index contributed by atoms with van der Waals surface area (Å²) in [6.45, 7) is 2.28. The van der Waals surface area contributed by atoms with Crippen LogP contribution in [0.2, 0.25) is 0 Å². The molecule has 124 valence electrons. The minimum Gasteiger partial charge on any atom is -0.323 e. The molecule has 0 saturated carbocycles. The second-order valence-electron chi connectivity index (χ2n) is 5.79. The van der Waals surface area contributed by atoms with Gasteiger partial charge >= 0.3 is 0 Å². The van der Waals surface area contributed by atoms with E-state index in [-0.39, 0.29) is 0 Å². The summed E-state index contributed by atoms with van der Waals surface area (Å²) in [6, 6.07) is 0. The standard InChI is InChI=1S/C16H33Cl.C2H7N/c1-2-3-4-5-6-7-8-9-10-11-12-13-14-15-16-17;1-3-2/h2-16H2,1H3;3H,1-2H3. The van der Waals surface area contributed by atoms with E-state index in [1.807, 2.05) is 14.1 Å². The monoisotopic (exact) mass is 305 g/mol. The molecule has 0 heterocycles. The Morgan fingerprint density at radius 2 is 0.800 bits per heavy atom. The molecule has 1 N–H and O–H groups in total. The molecule has 0 aromatic rings. The van der Waals surface area contributed by atoms with Gasteiger partial charge in [0.25, 0.3) is 0 Å². The first-order valence-corrected chi connectivity index (χ1v) is 9.51. The Bertz CT molecular complexity index is 125. The van der Waals surface area contributed by atoms with Gasteiger partial charge in [0.2, 0.25) is 0 Å². The molecular formula is C18H40ClN. The molecule has 0 saturated heterocycles. The highest BCUT2D eigenvalue weighted by atomic mass is 35.5. The second kappa shape index (κ2) is 24.3. The molecule has 2 heteroatoms. The van der Waals surface area contributed by atoms with Crippen LogP contribution in [-0.2, 0) is 0 Å². The van der Waals surface area contributed by atoms with Gasteiger partial charge in [-0.1, -0.05) is 90.4 Å². The zero-order valence-electron chi connectivity index (χ0n) is 14.5. The fourth-order valence-electron chi connectivity index (χ4n) is 2.29. The molecule has 20 heavy (non-hydrogen) atoms. The first-order chi connectivity index (χ1) is 9.83. The minimum absolute atomic E-state index is 0.845. The summed E-state index contributed by atoms with van der Waals surface area (Å²) in [5, 5.41) is 2.75. The SMILES string of the molecule is CCCCCCCCCCCCCCCCCl.CNC. The Morgan fingerprint density at radius 1 is 0.550 bits per heavy atom. The van der Waals surface area contributed by atoms with Crippen molar-refractivity contribution < 1.29 is 0 Å². The van der Waals surface area contributed by atoms with Crippen molar-refractivity contribution in [2.75, 3.05) is 20.0 Å². The lowest BCUT2D eigenvalue weighted by molar-refractivity contribution is 0.538. The van der Waals surface area contributed by atoms with Crippen LogP contribution >= 0.6 is 11.6 Å². The van der Waals surface area contributed by atoms with Crippen molar-refractivity contribution in [3.8, 4) is 0 Å². The first kappa shape index (κ1) is 22.5. The molecule has 0 aliphatic heterocycles. The quantitative estimate of drug-likeness (QED) is 0.284. The molecule has 0 unspecified atom stereocenters. The fourth-order valence-corrected chi connectivity index (χ4v) is 2.48. The minimum atomic E-state index is 0.845. The van der Waals surface area contributed by atoms with Gasteiger partial charge in [0, 0.05) is 5.88 Å². The van der Waals surface area contributed by atoms with E-state index < -0.39 is 0 Å². The van der Waals surface area contributed by atoms with Gasteiger partial charge < -0.3 is 5.32 Å². The fraction of sp³-hybridized carbons (Fsp3) is 1.00. The molecule has 0 atom stereocenters. The number of unbranched alkanes of at least 4 members (excludes halogenated alkanes) is 13. The number of hydrogen-bond donors (Lipinski definition) is 1. The Labute approximate surface area is 134 Å². The largest absolute Gasteiger partial charge is 0.323 e. The zero-order chi connectivity index (χ0) is 15.3. The number of nitrogens with one attached hydrogen (secondary N) is 1. The highest BCUT2D eigenvalue weighted by Crippen LogP contribution is 2.12. The Hall–Kier alpha value is 0.250. The van der Waals surface area contributed by atoms with Crippen molar-refractivity contribution in [2.24, 2.45) is 0 Å². The van der Waals surface area contributed by atoms with Crippen molar-refractivity contribution in [3.63, 3.8) is 0 Å². The molecule has 0 amide bonds. The highest BCUT2D eigenvalue weighted by molar-refractivity contribution is 6.17. The smallest absolute Gasteiger partial charge is 0.0223 e. The molecule has 0 aliphatic rings. The van der Waals surface area contributed by atoms with E-state index in [1.165, 1.54) is 89.9 Å². The summed E-state index contributed by atoms with van der Waals surface area (Å²) in [5.74, 6) is 0.845. The van der Waals surface area contributed by atoms with Crippen LogP contribution < -0.4 is 5.32 Å². The van der Waals surface area contributed by atoms with Crippen LogP contribution in [0.25, 0.3) is 0 Å². The van der Waals surface area contributed by atoms with E-state index in [4.69, 9.17) is 11.6 Å². The molecule has 0 radical (unpaired) electrons. The van der Waals surface area contributed by atoms with Crippen LogP contribution in [0.5, 0.6) is 0 Å². The Morgan fingerprint density at radius 3 is 1.05 bits per heavy atom. The molecule has 0 aromatic heterocycles. The van der Waals surface area contributed by atoms with Crippen LogP contribution in [0.1, 0.15) is 96.8 Å². The molecule has 0 rings (SSSR count). The number of alkyl halides is 1. The summed E-state index contributed by atoms with van der Waals surface area (Å²) >= 11 is 5.64. The van der Waals surface area contributed by atoms with Crippen LogP contribution in [0.3, 0.4) is 0 Å². The third kappa shape index (κ3) is 26.7. The topological polar surface area (TPSA) is 12.0 Å². The third-order valence-electron chi connectivity index (χ3n) is 3.49. The van der Waals surface area contributed by atoms with Crippen molar-refractivity contribution >= 4 is 11.6 Å². The number of hydrogen-bond acceptors (Lipinski definition) is 1. The van der Waals surface area contributed by atoms with E-state index in [0.29, 0.717) is 0 Å². The van der Waals surface area contributed by atoms with Gasteiger partial charge in [0.05, 0.1) is 0 Å². The van der Waals surface area contributed by atoms with E-state index >= 15 is 0 Å². The molecule has 0 fully saturated rings. The summed E-state index contributed by atoms with van der Waals surface area (Å²) in [6.07, 6.45) is 19.8. The summed E-state index contributed by atoms with van der Waals surface area (Å²) in [4.78, 5) is 0. The Balaban J connectivity index is 0. The van der Waals surface area contributed by atoms with Crippen LogP contribution in [0.15, 0.2) is 0 Å². The maximum Gasteiger partial charge on any atom is 0.0223 e. The molecular weight excluding hydrogens is 266 g/mol. The molecule has 1 nitrogen and oxygen atoms in total. The van der Waals surface area contributed by atoms with Gasteiger partial charge in [-0.05, 0) is 20.5 Å². The van der Waals surface area contributed by atoms with Crippen molar-refractivity contribution in [2.45, 2.75) is 96.8 Å². The average Bonchev–Trinajstić information content (AvgIpc) is 2.45. The van der Waals surface area contributed by atoms with Gasteiger partial charge in [0.15, 0.2) is 0 Å². The number of halogens is 1. The zero-order valence-corrected chi connectivity index (χ0v) is 15.2. The highest BCUT2D eigenvalue weighted by Gasteiger charge is 1.93. The summed E-state index contributed by atoms with van der Waals surface area (Å²) in [7, 11) is 3.75. The van der Waals surface area contributed by atoms with Crippen LogP contribution in [0.4, 0.5) is 0 Å². The van der Waals surface area contributed by atoms with Gasteiger partial charge in [-0.25, -0.2) is 0 Å². The van der Waals surface area contributed by atoms with E-state index in [1.54, 1.807) is 0 Å². The van der Waals surface area contributed by atoms with Crippen molar-refractivity contribution in [3.05, 3.63) is 0 Å². The Kier molecular flexibility index (Phi) is 27.4. The molecule has 0 bridgehead atoms. The van der Waals surface area contributed by atoms with E-state index in [2.05, 4.69) is 12.2 Å². The van der Waals surface area contributed by atoms with Crippen molar-refractivity contribution in [1.82, 2.24) is 5.32 Å². The van der Waals surface area contributed by atoms with Crippen LogP contribution in [0, 0.1) is 0 Å². The van der Waals surface area contributed by atoms with Gasteiger partial charge in [-0.2, -0.15) is 0 Å². The molecule has 0 spiro atoms. The van der Waals surface area contributed by atoms with Gasteiger partial charge in [-0.3, -0.25) is 0 Å². The maximum absolute atomic E-state index is 5.64. The lowest BCUT2D eigenvalue weighted by atomic mass is 10.0. The summed E-state index contributed by atoms with van der Waals surface area (Å²) < 4.78 is 0. The average molecular weight is 306 g/mol. The second-order valence-corrected chi connectivity index (χ2v) is 6.16. The predicted molar refractivity (Wildman–Crippen MR) is 96.0 cm³/mol. The normalized spacial score (nSPS) is 10.2. The number of rotatable bonds is 14. The van der Waals surface area contributed by atoms with E-state index in [9.17, 15) is 0 Å². The van der Waals surface area contributed by atoms with E-state index in [0.717, 1.165) is 5.88 Å². The van der Waals surface area contributed by atoms with Crippen LogP contribution in [-0.4, -0.2) is 20.0 Å². The van der Waals surface area contributed by atoms with Gasteiger partial charge in [-0.15, -0.1) is 11.6 Å². The first-order valence-electron chi connectivity index (χ1n) is 8.97. The molecule has 0 aromatic carbocycles. The molecule has 0 aliphatic carbocycles. The lowest BCUT2D eigenvalue weighted by Gasteiger charge is -2.02. The maximum atomic E-state index is 5.64. The predicted octanol–water partition coefficient (Wildman–Crippen LogP) is 6.54. The summed E-state index contributed by atoms with van der Waals surface area (Å²) in [5.41, 5.74) is 0. The van der Waals surface area contributed by atoms with Crippen molar-refractivity contribution in [1.29, 1.82) is 0 Å². The third-order valence-corrected chi connectivity index (χ3v) is 3.75. The lowest BCUT2D eigenvalue weighted by Crippen LogP contribution is -1.89.